The standard InChI is InChI=1S/C9H20N4O2/c1-6(2)5-13(8(10)14)12-9(15)11-7(3)4/h6-7H,5H2,1-4H3,(H2,10,14)(H2,11,12,15). The molecule has 88 valence electrons. The molecule has 0 aromatic heterocycles. The first kappa shape index (κ1) is 13.5. The van der Waals surface area contributed by atoms with Gasteiger partial charge < -0.3 is 11.1 Å². The van der Waals surface area contributed by atoms with Crippen molar-refractivity contribution in [2.24, 2.45) is 11.7 Å². The summed E-state index contributed by atoms with van der Waals surface area (Å²) in [6, 6.07) is -1.08. The second kappa shape index (κ2) is 6.10. The molecular weight excluding hydrogens is 196 g/mol. The number of hydrogen-bond acceptors (Lipinski definition) is 2. The normalized spacial score (nSPS) is 10.3. The Hall–Kier alpha value is -1.46. The van der Waals surface area contributed by atoms with E-state index in [1.54, 1.807) is 0 Å². The lowest BCUT2D eigenvalue weighted by Crippen LogP contribution is -2.54. The summed E-state index contributed by atoms with van der Waals surface area (Å²) in [5.41, 5.74) is 7.50. The third-order valence-corrected chi connectivity index (χ3v) is 1.47. The number of amides is 4. The summed E-state index contributed by atoms with van der Waals surface area (Å²) in [6.45, 7) is 7.91. The number of nitrogens with one attached hydrogen (secondary N) is 2. The highest BCUT2D eigenvalue weighted by molar-refractivity contribution is 5.79. The van der Waals surface area contributed by atoms with Gasteiger partial charge in [0, 0.05) is 12.6 Å². The molecule has 4 amide bonds. The second-order valence-corrected chi connectivity index (χ2v) is 4.08. The third-order valence-electron chi connectivity index (χ3n) is 1.47. The maximum atomic E-state index is 11.3. The second-order valence-electron chi connectivity index (χ2n) is 4.08. The molecule has 0 heterocycles. The van der Waals surface area contributed by atoms with E-state index in [1.807, 2.05) is 27.7 Å². The first-order valence-corrected chi connectivity index (χ1v) is 4.97. The molecule has 0 rings (SSSR count). The molecule has 0 spiro atoms. The van der Waals surface area contributed by atoms with Gasteiger partial charge in [0.05, 0.1) is 0 Å². The van der Waals surface area contributed by atoms with Gasteiger partial charge in [-0.3, -0.25) is 0 Å². The minimum Gasteiger partial charge on any atom is -0.350 e. The lowest BCUT2D eigenvalue weighted by Gasteiger charge is -2.23. The molecule has 0 saturated carbocycles. The van der Waals surface area contributed by atoms with Gasteiger partial charge in [-0.25, -0.2) is 20.0 Å². The van der Waals surface area contributed by atoms with Crippen molar-refractivity contribution in [2.75, 3.05) is 6.54 Å². The Morgan fingerprint density at radius 3 is 2.13 bits per heavy atom. The fourth-order valence-corrected chi connectivity index (χ4v) is 0.973. The summed E-state index contributed by atoms with van der Waals surface area (Å²) in [5.74, 6) is 0.233. The first-order chi connectivity index (χ1) is 6.82. The van der Waals surface area contributed by atoms with Crippen LogP contribution in [0.25, 0.3) is 0 Å². The average molecular weight is 216 g/mol. The van der Waals surface area contributed by atoms with Crippen LogP contribution in [0, 0.1) is 5.92 Å². The number of nitrogens with zero attached hydrogens (tertiary/aromatic N) is 1. The molecule has 6 heteroatoms. The van der Waals surface area contributed by atoms with Gasteiger partial charge in [-0.05, 0) is 19.8 Å². The van der Waals surface area contributed by atoms with E-state index >= 15 is 0 Å². The van der Waals surface area contributed by atoms with Crippen LogP contribution in [0.5, 0.6) is 0 Å². The number of urea groups is 2. The molecule has 0 atom stereocenters. The lowest BCUT2D eigenvalue weighted by atomic mass is 10.2. The largest absolute Gasteiger partial charge is 0.350 e. The van der Waals surface area contributed by atoms with Crippen molar-refractivity contribution < 1.29 is 9.59 Å². The molecule has 0 radical (unpaired) electrons. The monoisotopic (exact) mass is 216 g/mol. The number of rotatable bonds is 3. The van der Waals surface area contributed by atoms with Crippen molar-refractivity contribution in [3.63, 3.8) is 0 Å². The first-order valence-electron chi connectivity index (χ1n) is 4.97. The van der Waals surface area contributed by atoms with E-state index in [1.165, 1.54) is 0 Å². The van der Waals surface area contributed by atoms with Gasteiger partial charge in [-0.15, -0.1) is 0 Å². The number of nitrogens with two attached hydrogens (primary N) is 1. The number of carbonyl (C=O) groups is 2. The Kier molecular flexibility index (Phi) is 5.51. The minimum absolute atomic E-state index is 0.0128. The van der Waals surface area contributed by atoms with E-state index in [9.17, 15) is 9.59 Å². The van der Waals surface area contributed by atoms with E-state index in [0.29, 0.717) is 6.54 Å². The van der Waals surface area contributed by atoms with Crippen LogP contribution in [0.15, 0.2) is 0 Å². The van der Waals surface area contributed by atoms with Crippen molar-refractivity contribution in [1.82, 2.24) is 15.8 Å². The van der Waals surface area contributed by atoms with Crippen LogP contribution < -0.4 is 16.5 Å². The summed E-state index contributed by atoms with van der Waals surface area (Å²) < 4.78 is 0. The molecule has 0 bridgehead atoms. The van der Waals surface area contributed by atoms with Crippen LogP contribution in [0.2, 0.25) is 0 Å². The fourth-order valence-electron chi connectivity index (χ4n) is 0.973. The molecule has 4 N–H and O–H groups in total. The highest BCUT2D eigenvalue weighted by Crippen LogP contribution is 1.95. The van der Waals surface area contributed by atoms with Gasteiger partial charge in [-0.2, -0.15) is 0 Å². The molecule has 0 aliphatic heterocycles. The van der Waals surface area contributed by atoms with E-state index in [0.717, 1.165) is 5.01 Å². The summed E-state index contributed by atoms with van der Waals surface area (Å²) >= 11 is 0. The van der Waals surface area contributed by atoms with Crippen molar-refractivity contribution in [2.45, 2.75) is 33.7 Å². The van der Waals surface area contributed by atoms with Gasteiger partial charge in [0.2, 0.25) is 0 Å². The van der Waals surface area contributed by atoms with Crippen LogP contribution in [0.4, 0.5) is 9.59 Å². The molecule has 0 unspecified atom stereocenters. The Balaban J connectivity index is 4.16. The smallest absolute Gasteiger partial charge is 0.333 e. The Bertz CT molecular complexity index is 228. The van der Waals surface area contributed by atoms with E-state index < -0.39 is 12.1 Å². The maximum Gasteiger partial charge on any atom is 0.333 e. The topological polar surface area (TPSA) is 87.5 Å². The number of hydrogen-bond donors (Lipinski definition) is 3. The summed E-state index contributed by atoms with van der Waals surface area (Å²) in [4.78, 5) is 22.2. The van der Waals surface area contributed by atoms with Crippen LogP contribution in [-0.4, -0.2) is 29.7 Å². The maximum absolute atomic E-state index is 11.3. The van der Waals surface area contributed by atoms with Crippen LogP contribution in [-0.2, 0) is 0 Å². The molecule has 0 aliphatic carbocycles. The fraction of sp³-hybridized carbons (Fsp3) is 0.778. The Morgan fingerprint density at radius 1 is 1.27 bits per heavy atom. The van der Waals surface area contributed by atoms with Crippen molar-refractivity contribution in [3.8, 4) is 0 Å². The zero-order valence-electron chi connectivity index (χ0n) is 9.70. The molecule has 15 heavy (non-hydrogen) atoms. The highest BCUT2D eigenvalue weighted by Gasteiger charge is 2.14. The van der Waals surface area contributed by atoms with Gasteiger partial charge in [-0.1, -0.05) is 13.8 Å². The third kappa shape index (κ3) is 6.59. The predicted octanol–water partition coefficient (Wildman–Crippen LogP) is 0.646. The van der Waals surface area contributed by atoms with Gasteiger partial charge in [0.25, 0.3) is 0 Å². The van der Waals surface area contributed by atoms with Crippen LogP contribution >= 0.6 is 0 Å². The van der Waals surface area contributed by atoms with Crippen LogP contribution in [0.3, 0.4) is 0 Å². The van der Waals surface area contributed by atoms with E-state index in [-0.39, 0.29) is 12.0 Å². The number of carbonyl (C=O) groups excluding carboxylic acids is 2. The molecular formula is C9H20N4O2. The molecule has 0 aromatic carbocycles. The summed E-state index contributed by atoms with van der Waals surface area (Å²) in [5, 5.41) is 3.70. The van der Waals surface area contributed by atoms with Crippen molar-refractivity contribution in [1.29, 1.82) is 0 Å². The average Bonchev–Trinajstić information content (AvgIpc) is 1.99. The van der Waals surface area contributed by atoms with Gasteiger partial charge >= 0.3 is 12.1 Å². The molecule has 0 saturated heterocycles. The van der Waals surface area contributed by atoms with E-state index in [2.05, 4.69) is 10.7 Å². The molecule has 0 aliphatic rings. The van der Waals surface area contributed by atoms with Crippen LogP contribution in [0.1, 0.15) is 27.7 Å². The predicted molar refractivity (Wildman–Crippen MR) is 57.9 cm³/mol. The van der Waals surface area contributed by atoms with E-state index in [4.69, 9.17) is 5.73 Å². The molecule has 0 fully saturated rings. The van der Waals surface area contributed by atoms with Crippen molar-refractivity contribution >= 4 is 12.1 Å². The zero-order valence-corrected chi connectivity index (χ0v) is 9.70. The Labute approximate surface area is 90.2 Å². The van der Waals surface area contributed by atoms with Gasteiger partial charge in [0.1, 0.15) is 0 Å². The lowest BCUT2D eigenvalue weighted by molar-refractivity contribution is 0.165. The van der Waals surface area contributed by atoms with Crippen molar-refractivity contribution in [3.05, 3.63) is 0 Å². The Morgan fingerprint density at radius 2 is 1.80 bits per heavy atom. The van der Waals surface area contributed by atoms with Gasteiger partial charge in [0.15, 0.2) is 0 Å². The summed E-state index contributed by atoms with van der Waals surface area (Å²) in [7, 11) is 0. The SMILES string of the molecule is CC(C)CN(NC(=O)NC(C)C)C(N)=O. The zero-order chi connectivity index (χ0) is 12.0. The number of primary amides is 1. The summed E-state index contributed by atoms with van der Waals surface area (Å²) in [6.07, 6.45) is 0. The number of hydrazine groups is 1. The minimum atomic E-state index is -0.664. The quantitative estimate of drug-likeness (QED) is 0.605. The molecule has 6 nitrogen and oxygen atoms in total. The highest BCUT2D eigenvalue weighted by atomic mass is 16.2. The molecule has 0 aromatic rings.